The Bertz CT molecular complexity index is 1760. The van der Waals surface area contributed by atoms with Crippen molar-refractivity contribution >= 4 is 41.5 Å². The highest BCUT2D eigenvalue weighted by Gasteiger charge is 2.74. The van der Waals surface area contributed by atoms with Crippen LogP contribution in [0.5, 0.6) is 5.75 Å². The standard InChI is InChI=1S/C27H29F4N6O7P/c1-14(2)42-24(39)15(3)36-45(40,44-18-9-8-16-6-4-5-7-17(16)10-18)41-11-26(25(28)29)27(30,31)20(38)23(43-26)37-13-35-19-21(32)33-12-34-22(19)37/h4-10,12-15,20,23,25,38H,11H2,1-3H3,(H,36,40)(H2,32,33,34)/t15-,20-,23+,26-,45?/m0/s1. The van der Waals surface area contributed by atoms with Gasteiger partial charge < -0.3 is 24.8 Å². The monoisotopic (exact) mass is 656 g/mol. The summed E-state index contributed by atoms with van der Waals surface area (Å²) < 4.78 is 96.6. The van der Waals surface area contributed by atoms with Gasteiger partial charge in [-0.3, -0.25) is 13.9 Å². The van der Waals surface area contributed by atoms with Crippen molar-refractivity contribution in [1.29, 1.82) is 0 Å². The molecule has 1 aliphatic rings. The van der Waals surface area contributed by atoms with Gasteiger partial charge in [-0.1, -0.05) is 30.3 Å². The number of imidazole rings is 1. The molecule has 4 N–H and O–H groups in total. The molecular formula is C27H29F4N6O7P. The van der Waals surface area contributed by atoms with E-state index in [2.05, 4.69) is 20.0 Å². The van der Waals surface area contributed by atoms with Crippen LogP contribution in [-0.4, -0.2) is 73.4 Å². The van der Waals surface area contributed by atoms with E-state index in [4.69, 9.17) is 24.3 Å². The molecule has 0 bridgehead atoms. The first-order chi connectivity index (χ1) is 21.2. The Balaban J connectivity index is 1.48. The lowest BCUT2D eigenvalue weighted by atomic mass is 9.95. The van der Waals surface area contributed by atoms with Gasteiger partial charge in [0.25, 0.3) is 6.43 Å². The predicted octanol–water partition coefficient (Wildman–Crippen LogP) is 4.22. The molecule has 0 amide bonds. The van der Waals surface area contributed by atoms with Crippen molar-refractivity contribution in [3.63, 3.8) is 0 Å². The van der Waals surface area contributed by atoms with Gasteiger partial charge in [-0.2, -0.15) is 13.9 Å². The smallest absolute Gasteiger partial charge is 0.459 e. The number of aliphatic hydroxyl groups is 1. The van der Waals surface area contributed by atoms with Crippen molar-refractivity contribution < 1.29 is 50.5 Å². The maximum absolute atomic E-state index is 15.7. The number of rotatable bonds is 11. The van der Waals surface area contributed by atoms with Crippen LogP contribution >= 0.6 is 7.75 Å². The number of fused-ring (bicyclic) bond motifs is 2. The molecule has 0 saturated carbocycles. The van der Waals surface area contributed by atoms with Gasteiger partial charge in [0.1, 0.15) is 23.6 Å². The minimum Gasteiger partial charge on any atom is -0.462 e. The summed E-state index contributed by atoms with van der Waals surface area (Å²) in [6, 6.07) is 10.0. The van der Waals surface area contributed by atoms with E-state index in [-0.39, 0.29) is 22.7 Å². The molecule has 5 atom stereocenters. The number of aliphatic hydroxyl groups excluding tert-OH is 1. The predicted molar refractivity (Wildman–Crippen MR) is 152 cm³/mol. The van der Waals surface area contributed by atoms with Gasteiger partial charge in [0.15, 0.2) is 23.8 Å². The zero-order valence-electron chi connectivity index (χ0n) is 24.0. The molecule has 242 valence electrons. The fourth-order valence-corrected chi connectivity index (χ4v) is 6.21. The Kier molecular flexibility index (Phi) is 8.76. The average Bonchev–Trinajstić information content (AvgIpc) is 3.49. The van der Waals surface area contributed by atoms with Crippen LogP contribution in [0.3, 0.4) is 0 Å². The van der Waals surface area contributed by atoms with Crippen molar-refractivity contribution in [2.75, 3.05) is 12.3 Å². The molecule has 1 saturated heterocycles. The fourth-order valence-electron chi connectivity index (χ4n) is 4.70. The molecule has 4 aromatic rings. The van der Waals surface area contributed by atoms with Crippen LogP contribution in [0.15, 0.2) is 55.1 Å². The minimum absolute atomic E-state index is 0.0535. The van der Waals surface area contributed by atoms with E-state index < -0.39 is 62.7 Å². The van der Waals surface area contributed by atoms with Crippen LogP contribution in [0.25, 0.3) is 21.9 Å². The second kappa shape index (κ2) is 12.1. The highest BCUT2D eigenvalue weighted by atomic mass is 31.2. The van der Waals surface area contributed by atoms with Crippen LogP contribution in [0, 0.1) is 0 Å². The van der Waals surface area contributed by atoms with Crippen molar-refractivity contribution in [3.8, 4) is 5.75 Å². The molecule has 0 aliphatic carbocycles. The Hall–Kier alpha value is -3.89. The molecule has 1 fully saturated rings. The number of esters is 1. The molecule has 13 nitrogen and oxygen atoms in total. The van der Waals surface area contributed by atoms with Crippen molar-refractivity contribution in [1.82, 2.24) is 24.6 Å². The Morgan fingerprint density at radius 3 is 2.56 bits per heavy atom. The number of hydrogen-bond acceptors (Lipinski definition) is 11. The highest BCUT2D eigenvalue weighted by molar-refractivity contribution is 7.52. The average molecular weight is 657 g/mol. The largest absolute Gasteiger partial charge is 0.462 e. The number of nitrogen functional groups attached to an aromatic ring is 1. The van der Waals surface area contributed by atoms with Crippen LogP contribution in [0.1, 0.15) is 27.0 Å². The van der Waals surface area contributed by atoms with Gasteiger partial charge in [-0.15, -0.1) is 0 Å². The number of carbonyl (C=O) groups excluding carboxylic acids is 1. The van der Waals surface area contributed by atoms with Crippen LogP contribution in [0.2, 0.25) is 0 Å². The number of nitrogens with one attached hydrogen (secondary N) is 1. The summed E-state index contributed by atoms with van der Waals surface area (Å²) in [5, 5.41) is 14.3. The van der Waals surface area contributed by atoms with Gasteiger partial charge in [0.05, 0.1) is 19.0 Å². The second-order valence-electron chi connectivity index (χ2n) is 10.6. The number of halogens is 4. The summed E-state index contributed by atoms with van der Waals surface area (Å²) >= 11 is 0. The summed E-state index contributed by atoms with van der Waals surface area (Å²) in [4.78, 5) is 24.0. The number of carbonyl (C=O) groups is 1. The Morgan fingerprint density at radius 2 is 1.87 bits per heavy atom. The lowest BCUT2D eigenvalue weighted by Gasteiger charge is -2.34. The number of aromatic nitrogens is 4. The van der Waals surface area contributed by atoms with Gasteiger partial charge in [-0.25, -0.2) is 28.3 Å². The quantitative estimate of drug-likeness (QED) is 0.119. The zero-order chi connectivity index (χ0) is 32.7. The number of nitrogens with two attached hydrogens (primary N) is 1. The van der Waals surface area contributed by atoms with Crippen molar-refractivity contribution in [3.05, 3.63) is 55.1 Å². The van der Waals surface area contributed by atoms with Crippen LogP contribution in [0.4, 0.5) is 23.4 Å². The lowest BCUT2D eigenvalue weighted by Crippen LogP contribution is -2.57. The summed E-state index contributed by atoms with van der Waals surface area (Å²) in [5.41, 5.74) is 1.63. The molecule has 2 aromatic heterocycles. The van der Waals surface area contributed by atoms with E-state index in [0.717, 1.165) is 22.6 Å². The third-order valence-electron chi connectivity index (χ3n) is 7.00. The Morgan fingerprint density at radius 1 is 1.16 bits per heavy atom. The normalized spacial score (nSPS) is 23.4. The molecule has 45 heavy (non-hydrogen) atoms. The maximum atomic E-state index is 15.7. The van der Waals surface area contributed by atoms with E-state index in [1.54, 1.807) is 44.2 Å². The van der Waals surface area contributed by atoms with E-state index in [0.29, 0.717) is 5.39 Å². The lowest BCUT2D eigenvalue weighted by molar-refractivity contribution is -0.241. The summed E-state index contributed by atoms with van der Waals surface area (Å²) in [6.07, 6.45) is -7.72. The molecule has 5 rings (SSSR count). The molecule has 3 heterocycles. The highest BCUT2D eigenvalue weighted by Crippen LogP contribution is 2.55. The Labute approximate surface area is 253 Å². The summed E-state index contributed by atoms with van der Waals surface area (Å²) in [7, 11) is -4.94. The third-order valence-corrected chi connectivity index (χ3v) is 8.63. The fraction of sp³-hybridized carbons (Fsp3) is 0.407. The van der Waals surface area contributed by atoms with Crippen molar-refractivity contribution in [2.45, 2.75) is 63.2 Å². The number of benzene rings is 2. The number of hydrogen-bond donors (Lipinski definition) is 3. The molecule has 18 heteroatoms. The van der Waals surface area contributed by atoms with Crippen LogP contribution in [-0.2, 0) is 23.4 Å². The van der Waals surface area contributed by atoms with E-state index in [1.807, 2.05) is 0 Å². The van der Waals surface area contributed by atoms with Crippen molar-refractivity contribution in [2.24, 2.45) is 0 Å². The SMILES string of the molecule is CC(C)OC(=O)[C@H](C)NP(=O)(OC[C@@]1(C(F)F)O[C@@H](n2cnc3c(N)ncnc32)[C@H](O)C1(F)F)Oc1ccc2ccccc2c1. The first kappa shape index (κ1) is 32.5. The molecule has 2 aromatic carbocycles. The molecule has 0 radical (unpaired) electrons. The molecule has 0 spiro atoms. The second-order valence-corrected chi connectivity index (χ2v) is 12.3. The van der Waals surface area contributed by atoms with E-state index in [9.17, 15) is 23.2 Å². The molecular weight excluding hydrogens is 627 g/mol. The number of anilines is 1. The number of nitrogens with zero attached hydrogens (tertiary/aromatic N) is 4. The summed E-state index contributed by atoms with van der Waals surface area (Å²) in [6.45, 7) is 2.58. The topological polar surface area (TPSA) is 173 Å². The van der Waals surface area contributed by atoms with Gasteiger partial charge in [-0.05, 0) is 43.7 Å². The molecule has 1 aliphatic heterocycles. The van der Waals surface area contributed by atoms with Gasteiger partial charge in [0, 0.05) is 0 Å². The third kappa shape index (κ3) is 6.05. The first-order valence-corrected chi connectivity index (χ1v) is 15.1. The minimum atomic E-state index is -4.94. The number of ether oxygens (including phenoxy) is 2. The van der Waals surface area contributed by atoms with Crippen LogP contribution < -0.4 is 15.3 Å². The number of alkyl halides is 4. The zero-order valence-corrected chi connectivity index (χ0v) is 24.9. The van der Waals surface area contributed by atoms with E-state index >= 15 is 8.78 Å². The van der Waals surface area contributed by atoms with Gasteiger partial charge in [0.2, 0.25) is 5.60 Å². The van der Waals surface area contributed by atoms with E-state index in [1.165, 1.54) is 19.1 Å². The maximum Gasteiger partial charge on any atom is 0.459 e. The van der Waals surface area contributed by atoms with Gasteiger partial charge >= 0.3 is 19.6 Å². The first-order valence-electron chi connectivity index (χ1n) is 13.5. The summed E-state index contributed by atoms with van der Waals surface area (Å²) in [5.74, 6) is -5.84. The molecule has 1 unspecified atom stereocenters.